The van der Waals surface area contributed by atoms with Crippen molar-refractivity contribution in [3.8, 4) is 0 Å². The Morgan fingerprint density at radius 2 is 2.18 bits per heavy atom. The molecule has 4 heteroatoms. The molecule has 1 aromatic rings. The number of hydrogen-bond donors (Lipinski definition) is 1. The minimum Gasteiger partial charge on any atom is -0.461 e. The lowest BCUT2D eigenvalue weighted by molar-refractivity contribution is -0.145. The van der Waals surface area contributed by atoms with Gasteiger partial charge in [0, 0.05) is 16.5 Å². The zero-order chi connectivity index (χ0) is 12.7. The first-order valence-electron chi connectivity index (χ1n) is 5.72. The Bertz CT molecular complexity index is 368. The van der Waals surface area contributed by atoms with Crippen LogP contribution < -0.4 is 5.73 Å². The molecule has 0 amide bonds. The maximum Gasteiger partial charge on any atom is 0.306 e. The molecule has 17 heavy (non-hydrogen) atoms. The molecule has 0 aromatic heterocycles. The molecule has 1 aromatic carbocycles. The summed E-state index contributed by atoms with van der Waals surface area (Å²) in [4.78, 5) is 11.5. The lowest BCUT2D eigenvalue weighted by Gasteiger charge is -2.09. The number of halogens is 1. The lowest BCUT2D eigenvalue weighted by atomic mass is 10.1. The molecule has 0 bridgehead atoms. The second-order valence-corrected chi connectivity index (χ2v) is 4.99. The fourth-order valence-corrected chi connectivity index (χ4v) is 1.73. The monoisotopic (exact) mass is 299 g/mol. The highest BCUT2D eigenvalue weighted by Gasteiger charge is 2.07. The minimum absolute atomic E-state index is 0.166. The van der Waals surface area contributed by atoms with Crippen LogP contribution >= 0.6 is 15.9 Å². The number of carbonyl (C=O) groups is 1. The number of rotatable bonds is 6. The van der Waals surface area contributed by atoms with Crippen LogP contribution in [0.25, 0.3) is 0 Å². The van der Waals surface area contributed by atoms with E-state index in [-0.39, 0.29) is 5.97 Å². The first-order chi connectivity index (χ1) is 8.13. The normalized spacial score (nSPS) is 12.2. The van der Waals surface area contributed by atoms with Crippen molar-refractivity contribution < 1.29 is 9.53 Å². The summed E-state index contributed by atoms with van der Waals surface area (Å²) in [6.45, 7) is 2.95. The zero-order valence-corrected chi connectivity index (χ0v) is 11.6. The van der Waals surface area contributed by atoms with E-state index in [1.807, 2.05) is 31.2 Å². The van der Waals surface area contributed by atoms with Gasteiger partial charge in [-0.25, -0.2) is 0 Å². The number of benzene rings is 1. The van der Waals surface area contributed by atoms with Crippen molar-refractivity contribution >= 4 is 21.9 Å². The van der Waals surface area contributed by atoms with Crippen LogP contribution in [-0.4, -0.2) is 12.5 Å². The summed E-state index contributed by atoms with van der Waals surface area (Å²) >= 11 is 3.41. The van der Waals surface area contributed by atoms with E-state index in [0.717, 1.165) is 16.5 Å². The SMILES string of the molecule is CC(CN)CCC(=O)OCc1ccccc1Br. The summed E-state index contributed by atoms with van der Waals surface area (Å²) in [5.74, 6) is 0.201. The molecule has 2 N–H and O–H groups in total. The van der Waals surface area contributed by atoms with E-state index in [9.17, 15) is 4.79 Å². The van der Waals surface area contributed by atoms with E-state index in [4.69, 9.17) is 10.5 Å². The number of hydrogen-bond acceptors (Lipinski definition) is 3. The van der Waals surface area contributed by atoms with E-state index in [1.54, 1.807) is 0 Å². The predicted octanol–water partition coefficient (Wildman–Crippen LogP) is 2.87. The van der Waals surface area contributed by atoms with Crippen LogP contribution in [0.4, 0.5) is 0 Å². The Kier molecular flexibility index (Phi) is 6.22. The molecular weight excluding hydrogens is 282 g/mol. The zero-order valence-electron chi connectivity index (χ0n) is 9.99. The molecule has 0 saturated carbocycles. The average molecular weight is 300 g/mol. The van der Waals surface area contributed by atoms with Gasteiger partial charge < -0.3 is 10.5 Å². The fourth-order valence-electron chi connectivity index (χ4n) is 1.33. The van der Waals surface area contributed by atoms with E-state index in [2.05, 4.69) is 15.9 Å². The Hall–Kier alpha value is -0.870. The van der Waals surface area contributed by atoms with Crippen LogP contribution in [0.2, 0.25) is 0 Å². The maximum absolute atomic E-state index is 11.5. The van der Waals surface area contributed by atoms with Gasteiger partial charge in [-0.2, -0.15) is 0 Å². The standard InChI is InChI=1S/C13H18BrNO2/c1-10(8-15)6-7-13(16)17-9-11-4-2-3-5-12(11)14/h2-5,10H,6-9,15H2,1H3. The van der Waals surface area contributed by atoms with Crippen LogP contribution in [0.1, 0.15) is 25.3 Å². The second kappa shape index (κ2) is 7.45. The molecule has 0 aliphatic carbocycles. The van der Waals surface area contributed by atoms with Crippen LogP contribution in [0.3, 0.4) is 0 Å². The van der Waals surface area contributed by atoms with Crippen molar-refractivity contribution in [3.63, 3.8) is 0 Å². The fraction of sp³-hybridized carbons (Fsp3) is 0.462. The molecule has 1 unspecified atom stereocenters. The molecule has 0 radical (unpaired) electrons. The lowest BCUT2D eigenvalue weighted by Crippen LogP contribution is -2.13. The maximum atomic E-state index is 11.5. The molecule has 0 aliphatic heterocycles. The Labute approximate surface area is 110 Å². The molecule has 1 rings (SSSR count). The van der Waals surface area contributed by atoms with Gasteiger partial charge in [0.25, 0.3) is 0 Å². The van der Waals surface area contributed by atoms with Gasteiger partial charge in [-0.05, 0) is 24.9 Å². The second-order valence-electron chi connectivity index (χ2n) is 4.13. The molecule has 0 fully saturated rings. The van der Waals surface area contributed by atoms with Gasteiger partial charge in [0.2, 0.25) is 0 Å². The van der Waals surface area contributed by atoms with Crippen LogP contribution in [0.5, 0.6) is 0 Å². The number of ether oxygens (including phenoxy) is 1. The summed E-state index contributed by atoms with van der Waals surface area (Å²) < 4.78 is 6.16. The summed E-state index contributed by atoms with van der Waals surface area (Å²) in [6, 6.07) is 7.71. The number of carbonyl (C=O) groups excluding carboxylic acids is 1. The summed E-state index contributed by atoms with van der Waals surface area (Å²) in [5, 5.41) is 0. The van der Waals surface area contributed by atoms with Crippen molar-refractivity contribution in [1.29, 1.82) is 0 Å². The van der Waals surface area contributed by atoms with Gasteiger partial charge in [-0.3, -0.25) is 4.79 Å². The summed E-state index contributed by atoms with van der Waals surface area (Å²) in [6.07, 6.45) is 1.22. The number of nitrogens with two attached hydrogens (primary N) is 1. The van der Waals surface area contributed by atoms with Crippen molar-refractivity contribution in [2.24, 2.45) is 11.7 Å². The van der Waals surface area contributed by atoms with E-state index in [1.165, 1.54) is 0 Å². The molecule has 0 heterocycles. The molecule has 0 aliphatic rings. The third-order valence-corrected chi connectivity index (χ3v) is 3.36. The predicted molar refractivity (Wildman–Crippen MR) is 71.4 cm³/mol. The van der Waals surface area contributed by atoms with Crippen molar-refractivity contribution in [2.75, 3.05) is 6.54 Å². The van der Waals surface area contributed by atoms with Gasteiger partial charge in [-0.1, -0.05) is 41.1 Å². The Balaban J connectivity index is 2.31. The van der Waals surface area contributed by atoms with E-state index < -0.39 is 0 Å². The minimum atomic E-state index is -0.166. The van der Waals surface area contributed by atoms with E-state index >= 15 is 0 Å². The largest absolute Gasteiger partial charge is 0.461 e. The molecular formula is C13H18BrNO2. The summed E-state index contributed by atoms with van der Waals surface area (Å²) in [7, 11) is 0. The first kappa shape index (κ1) is 14.2. The molecule has 1 atom stereocenters. The first-order valence-corrected chi connectivity index (χ1v) is 6.52. The van der Waals surface area contributed by atoms with Crippen LogP contribution in [-0.2, 0) is 16.1 Å². The highest BCUT2D eigenvalue weighted by atomic mass is 79.9. The molecule has 94 valence electrons. The van der Waals surface area contributed by atoms with Crippen LogP contribution in [0.15, 0.2) is 28.7 Å². The van der Waals surface area contributed by atoms with E-state index in [0.29, 0.717) is 25.5 Å². The topological polar surface area (TPSA) is 52.3 Å². The smallest absolute Gasteiger partial charge is 0.306 e. The van der Waals surface area contributed by atoms with Gasteiger partial charge >= 0.3 is 5.97 Å². The van der Waals surface area contributed by atoms with Gasteiger partial charge in [-0.15, -0.1) is 0 Å². The average Bonchev–Trinajstić information content (AvgIpc) is 2.35. The van der Waals surface area contributed by atoms with Gasteiger partial charge in [0.15, 0.2) is 0 Å². The number of esters is 1. The third-order valence-electron chi connectivity index (χ3n) is 2.59. The highest BCUT2D eigenvalue weighted by Crippen LogP contribution is 2.17. The van der Waals surface area contributed by atoms with Gasteiger partial charge in [0.05, 0.1) is 0 Å². The Morgan fingerprint density at radius 3 is 2.82 bits per heavy atom. The third kappa shape index (κ3) is 5.33. The van der Waals surface area contributed by atoms with Crippen LogP contribution in [0, 0.1) is 5.92 Å². The molecule has 0 saturated heterocycles. The Morgan fingerprint density at radius 1 is 1.47 bits per heavy atom. The van der Waals surface area contributed by atoms with Gasteiger partial charge in [0.1, 0.15) is 6.61 Å². The van der Waals surface area contributed by atoms with Crippen molar-refractivity contribution in [3.05, 3.63) is 34.3 Å². The highest BCUT2D eigenvalue weighted by molar-refractivity contribution is 9.10. The van der Waals surface area contributed by atoms with Crippen molar-refractivity contribution in [2.45, 2.75) is 26.4 Å². The van der Waals surface area contributed by atoms with Crippen molar-refractivity contribution in [1.82, 2.24) is 0 Å². The quantitative estimate of drug-likeness (QED) is 0.822. The molecule has 3 nitrogen and oxygen atoms in total. The summed E-state index contributed by atoms with van der Waals surface area (Å²) in [5.41, 5.74) is 6.46. The molecule has 0 spiro atoms.